The second-order valence-corrected chi connectivity index (χ2v) is 17.3. The second kappa shape index (κ2) is 16.7. The largest absolute Gasteiger partial charge is 0.508 e. The van der Waals surface area contributed by atoms with Crippen LogP contribution in [0.3, 0.4) is 0 Å². The first-order valence-electron chi connectivity index (χ1n) is 19.8. The van der Waals surface area contributed by atoms with E-state index in [9.17, 15) is 24.3 Å². The van der Waals surface area contributed by atoms with Crippen LogP contribution in [0.4, 0.5) is 0 Å². The molecular formula is C40H56N6O5S. The molecule has 6 bridgehead atoms. The number of amides is 4. The predicted molar refractivity (Wildman–Crippen MR) is 200 cm³/mol. The van der Waals surface area contributed by atoms with Crippen molar-refractivity contribution in [3.05, 3.63) is 45.4 Å². The number of para-hydroxylation sites is 1. The maximum atomic E-state index is 13.8. The van der Waals surface area contributed by atoms with E-state index in [-0.39, 0.29) is 60.1 Å². The van der Waals surface area contributed by atoms with Crippen LogP contribution >= 0.6 is 11.3 Å². The van der Waals surface area contributed by atoms with Crippen LogP contribution in [0.15, 0.2) is 24.3 Å². The van der Waals surface area contributed by atoms with E-state index in [0.717, 1.165) is 98.9 Å². The van der Waals surface area contributed by atoms with Crippen LogP contribution in [0.5, 0.6) is 5.75 Å². The number of aromatic nitrogens is 1. The van der Waals surface area contributed by atoms with E-state index >= 15 is 0 Å². The monoisotopic (exact) mass is 732 g/mol. The number of carbonyl (C=O) groups excluding carboxylic acids is 4. The molecule has 52 heavy (non-hydrogen) atoms. The fraction of sp³-hybridized carbons (Fsp3) is 0.675. The number of aryl methyl sites for hydroxylation is 1. The minimum atomic E-state index is -0.0935. The van der Waals surface area contributed by atoms with E-state index in [0.29, 0.717) is 57.1 Å². The molecule has 7 heterocycles. The molecule has 11 nitrogen and oxygen atoms in total. The van der Waals surface area contributed by atoms with E-state index in [4.69, 9.17) is 4.98 Å². The molecule has 0 spiro atoms. The third-order valence-electron chi connectivity index (χ3n) is 12.6. The molecule has 0 saturated carbocycles. The SMILES string of the molecule is Cc1sc2nc1CC(=O)N1CC[C@@H](CC(=O)N3CCCC3)[C@@H](CC(=O)NCC[C@H]3CN(Cc4ccccc4O)CC[C@H]3CC(=O)N3CCC2CC3)C1. The van der Waals surface area contributed by atoms with E-state index in [1.807, 2.05) is 32.9 Å². The highest BCUT2D eigenvalue weighted by Crippen LogP contribution is 2.36. The molecule has 4 saturated heterocycles. The Labute approximate surface area is 312 Å². The fourth-order valence-corrected chi connectivity index (χ4v) is 10.5. The summed E-state index contributed by atoms with van der Waals surface area (Å²) in [6.45, 7) is 9.02. The number of benzene rings is 1. The van der Waals surface area contributed by atoms with Crippen molar-refractivity contribution < 1.29 is 24.3 Å². The quantitative estimate of drug-likeness (QED) is 0.480. The highest BCUT2D eigenvalue weighted by molar-refractivity contribution is 7.11. The number of hydrogen-bond donors (Lipinski definition) is 2. The summed E-state index contributed by atoms with van der Waals surface area (Å²) in [5, 5.41) is 14.7. The summed E-state index contributed by atoms with van der Waals surface area (Å²) in [5.74, 6) is 1.39. The van der Waals surface area contributed by atoms with Crippen molar-refractivity contribution in [2.75, 3.05) is 58.9 Å². The highest BCUT2D eigenvalue weighted by atomic mass is 32.1. The van der Waals surface area contributed by atoms with Crippen LogP contribution in [0.2, 0.25) is 0 Å². The molecular weight excluding hydrogens is 677 g/mol. The number of piperidine rings is 3. The van der Waals surface area contributed by atoms with Crippen LogP contribution in [0, 0.1) is 30.6 Å². The average molecular weight is 733 g/mol. The van der Waals surface area contributed by atoms with Crippen molar-refractivity contribution in [2.24, 2.45) is 23.7 Å². The van der Waals surface area contributed by atoms with E-state index in [1.54, 1.807) is 17.4 Å². The van der Waals surface area contributed by atoms with Crippen molar-refractivity contribution in [3.63, 3.8) is 0 Å². The second-order valence-electron chi connectivity index (χ2n) is 16.0. The minimum Gasteiger partial charge on any atom is -0.508 e. The zero-order valence-electron chi connectivity index (χ0n) is 30.8. The van der Waals surface area contributed by atoms with E-state index < -0.39 is 0 Å². The van der Waals surface area contributed by atoms with Gasteiger partial charge in [-0.1, -0.05) is 18.2 Å². The number of phenols is 1. The summed E-state index contributed by atoms with van der Waals surface area (Å²) in [6, 6.07) is 7.48. The lowest BCUT2D eigenvalue weighted by molar-refractivity contribution is -0.137. The van der Waals surface area contributed by atoms with Gasteiger partial charge in [0.05, 0.1) is 17.1 Å². The van der Waals surface area contributed by atoms with Crippen LogP contribution in [-0.4, -0.2) is 112 Å². The van der Waals surface area contributed by atoms with Gasteiger partial charge in [0.25, 0.3) is 0 Å². The number of thiazole rings is 1. The van der Waals surface area contributed by atoms with Gasteiger partial charge < -0.3 is 25.1 Å². The van der Waals surface area contributed by atoms with Gasteiger partial charge in [-0.25, -0.2) is 4.98 Å². The normalized spacial score (nSPS) is 28.4. The van der Waals surface area contributed by atoms with Crippen LogP contribution in [-0.2, 0) is 32.1 Å². The fourth-order valence-electron chi connectivity index (χ4n) is 9.39. The van der Waals surface area contributed by atoms with Crippen molar-refractivity contribution in [2.45, 2.75) is 90.0 Å². The predicted octanol–water partition coefficient (Wildman–Crippen LogP) is 4.32. The maximum absolute atomic E-state index is 13.8. The lowest BCUT2D eigenvalue weighted by Gasteiger charge is -2.40. The molecule has 1 aromatic heterocycles. The number of fused-ring (bicyclic) bond motifs is 8. The Hall–Kier alpha value is -3.51. The molecule has 8 rings (SSSR count). The summed E-state index contributed by atoms with van der Waals surface area (Å²) in [5.41, 5.74) is 1.74. The molecule has 0 unspecified atom stereocenters. The lowest BCUT2D eigenvalue weighted by Crippen LogP contribution is -2.47. The van der Waals surface area contributed by atoms with Gasteiger partial charge in [0.15, 0.2) is 0 Å². The summed E-state index contributed by atoms with van der Waals surface area (Å²) in [4.78, 5) is 68.7. The Bertz CT molecular complexity index is 1600. The molecule has 12 heteroatoms. The van der Waals surface area contributed by atoms with Gasteiger partial charge in [-0.2, -0.15) is 0 Å². The van der Waals surface area contributed by atoms with Crippen molar-refractivity contribution in [1.29, 1.82) is 0 Å². The standard InChI is InChI=1S/C40H56N6O5S/c1-27-34-23-39(51)46-19-12-30(22-37(49)44-14-4-5-15-44)33(26-46)20-36(48)41-13-8-31-24-43(25-32-6-2-3-7-35(32)47)16-9-29(31)21-38(50)45-17-10-28(11-18-45)40(42-34)52-27/h2-3,6-7,28-31,33,47H,4-5,8-26H2,1H3,(H,41,48)/t29-,30-,31-,33-/m0/s1. The molecule has 6 aliphatic heterocycles. The summed E-state index contributed by atoms with van der Waals surface area (Å²) < 4.78 is 0. The van der Waals surface area contributed by atoms with Crippen molar-refractivity contribution >= 4 is 35.0 Å². The lowest BCUT2D eigenvalue weighted by atomic mass is 9.80. The number of carbonyl (C=O) groups is 4. The Balaban J connectivity index is 1.09. The smallest absolute Gasteiger partial charge is 0.228 e. The van der Waals surface area contributed by atoms with Gasteiger partial charge in [-0.15, -0.1) is 11.3 Å². The zero-order valence-corrected chi connectivity index (χ0v) is 31.6. The van der Waals surface area contributed by atoms with Gasteiger partial charge >= 0.3 is 0 Å². The first-order chi connectivity index (χ1) is 25.2. The molecule has 2 aromatic rings. The number of nitrogens with zero attached hydrogens (tertiary/aromatic N) is 5. The highest BCUT2D eigenvalue weighted by Gasteiger charge is 2.37. The van der Waals surface area contributed by atoms with Gasteiger partial charge in [0, 0.05) is 94.5 Å². The molecule has 2 N–H and O–H groups in total. The van der Waals surface area contributed by atoms with E-state index in [2.05, 4.69) is 17.1 Å². The van der Waals surface area contributed by atoms with Gasteiger partial charge in [0.1, 0.15) is 5.75 Å². The first kappa shape index (κ1) is 36.8. The van der Waals surface area contributed by atoms with Crippen molar-refractivity contribution in [1.82, 2.24) is 29.9 Å². The molecule has 6 aliphatic rings. The van der Waals surface area contributed by atoms with E-state index in [1.165, 1.54) is 0 Å². The Morgan fingerprint density at radius 2 is 1.63 bits per heavy atom. The summed E-state index contributed by atoms with van der Waals surface area (Å²) in [6.07, 6.45) is 7.70. The molecule has 4 fully saturated rings. The Kier molecular flexibility index (Phi) is 11.8. The number of aromatic hydroxyl groups is 1. The third kappa shape index (κ3) is 8.81. The number of phenolic OH excluding ortho intramolecular Hbond substituents is 1. The zero-order chi connectivity index (χ0) is 36.2. The molecule has 0 radical (unpaired) electrons. The summed E-state index contributed by atoms with van der Waals surface area (Å²) >= 11 is 1.69. The van der Waals surface area contributed by atoms with Crippen LogP contribution in [0.1, 0.15) is 91.3 Å². The number of likely N-dealkylation sites (tertiary alicyclic amines) is 2. The van der Waals surface area contributed by atoms with Crippen LogP contribution < -0.4 is 5.32 Å². The number of hydrogen-bond acceptors (Lipinski definition) is 8. The maximum Gasteiger partial charge on any atom is 0.228 e. The van der Waals surface area contributed by atoms with Crippen molar-refractivity contribution in [3.8, 4) is 5.75 Å². The minimum absolute atomic E-state index is 0.0395. The topological polar surface area (TPSA) is 126 Å². The Morgan fingerprint density at radius 3 is 2.42 bits per heavy atom. The molecule has 4 amide bonds. The first-order valence-corrected chi connectivity index (χ1v) is 20.6. The molecule has 282 valence electrons. The Morgan fingerprint density at radius 1 is 0.865 bits per heavy atom. The molecule has 1 aromatic carbocycles. The molecule has 4 atom stereocenters. The summed E-state index contributed by atoms with van der Waals surface area (Å²) in [7, 11) is 0. The van der Waals surface area contributed by atoms with Gasteiger partial charge in [0.2, 0.25) is 23.6 Å². The number of rotatable bonds is 4. The van der Waals surface area contributed by atoms with Gasteiger partial charge in [-0.05, 0) is 88.2 Å². The van der Waals surface area contributed by atoms with Gasteiger partial charge in [-0.3, -0.25) is 24.1 Å². The molecule has 0 aliphatic carbocycles. The average Bonchev–Trinajstić information content (AvgIpc) is 3.81. The number of nitrogens with one attached hydrogen (secondary N) is 1. The third-order valence-corrected chi connectivity index (χ3v) is 13.8. The van der Waals surface area contributed by atoms with Crippen LogP contribution in [0.25, 0.3) is 0 Å².